The summed E-state index contributed by atoms with van der Waals surface area (Å²) < 4.78 is 5.66. The van der Waals surface area contributed by atoms with E-state index in [1.165, 1.54) is 17.6 Å². The summed E-state index contributed by atoms with van der Waals surface area (Å²) in [6.45, 7) is 5.83. The molecule has 2 rings (SSSR count). The van der Waals surface area contributed by atoms with E-state index in [1.54, 1.807) is 6.20 Å². The van der Waals surface area contributed by atoms with Gasteiger partial charge in [-0.05, 0) is 13.8 Å². The highest BCUT2D eigenvalue weighted by atomic mass is 32.1. The largest absolute Gasteiger partial charge is 0.411 e. The van der Waals surface area contributed by atoms with Crippen molar-refractivity contribution in [1.29, 1.82) is 0 Å². The molecule has 6 heteroatoms. The Balaban J connectivity index is 2.10. The highest BCUT2D eigenvalue weighted by Gasteiger charge is 2.23. The molecule has 1 aromatic rings. The molecule has 0 saturated carbocycles. The Bertz CT molecular complexity index is 370. The lowest BCUT2D eigenvalue weighted by atomic mass is 10.2. The van der Waals surface area contributed by atoms with E-state index in [1.807, 2.05) is 0 Å². The van der Waals surface area contributed by atoms with Gasteiger partial charge in [0, 0.05) is 19.3 Å². The van der Waals surface area contributed by atoms with E-state index in [-0.39, 0.29) is 12.2 Å². The molecule has 1 aromatic heterocycles. The van der Waals surface area contributed by atoms with Crippen LogP contribution < -0.4 is 4.90 Å². The minimum Gasteiger partial charge on any atom is -0.411 e. The summed E-state index contributed by atoms with van der Waals surface area (Å²) in [5.74, 6) is 0. The topological polar surface area (TPSA) is 58.0 Å². The minimum atomic E-state index is 0.225. The Labute approximate surface area is 98.4 Å². The number of hydrogen-bond donors (Lipinski definition) is 1. The maximum atomic E-state index is 8.44. The molecule has 0 radical (unpaired) electrons. The van der Waals surface area contributed by atoms with E-state index in [4.69, 9.17) is 9.94 Å². The van der Waals surface area contributed by atoms with Crippen molar-refractivity contribution in [3.8, 4) is 0 Å². The van der Waals surface area contributed by atoms with Gasteiger partial charge in [0.1, 0.15) is 0 Å². The molecule has 1 aliphatic heterocycles. The molecule has 1 aliphatic rings. The predicted molar refractivity (Wildman–Crippen MR) is 63.7 cm³/mol. The molecule has 2 atom stereocenters. The lowest BCUT2D eigenvalue weighted by Crippen LogP contribution is -2.45. The van der Waals surface area contributed by atoms with Crippen molar-refractivity contribution in [1.82, 2.24) is 4.98 Å². The van der Waals surface area contributed by atoms with Crippen molar-refractivity contribution in [3.63, 3.8) is 0 Å². The van der Waals surface area contributed by atoms with E-state index in [0.717, 1.165) is 23.1 Å². The van der Waals surface area contributed by atoms with Crippen LogP contribution in [0.2, 0.25) is 0 Å². The van der Waals surface area contributed by atoms with Crippen LogP contribution in [-0.2, 0) is 4.74 Å². The third kappa shape index (κ3) is 2.51. The van der Waals surface area contributed by atoms with E-state index >= 15 is 0 Å². The number of aromatic nitrogens is 1. The summed E-state index contributed by atoms with van der Waals surface area (Å²) in [6, 6.07) is 0. The van der Waals surface area contributed by atoms with E-state index in [2.05, 4.69) is 28.9 Å². The number of morpholine rings is 1. The molecule has 0 unspecified atom stereocenters. The van der Waals surface area contributed by atoms with Crippen LogP contribution in [-0.4, -0.2) is 41.7 Å². The fourth-order valence-electron chi connectivity index (χ4n) is 1.87. The van der Waals surface area contributed by atoms with Crippen LogP contribution in [0.1, 0.15) is 18.7 Å². The molecular weight excluding hydrogens is 226 g/mol. The van der Waals surface area contributed by atoms with E-state index < -0.39 is 0 Å². The lowest BCUT2D eigenvalue weighted by molar-refractivity contribution is -0.00522. The number of rotatable bonds is 2. The SMILES string of the molecule is C[C@H]1CN(c2ncc(C=NO)s2)C[C@H](C)O1. The van der Waals surface area contributed by atoms with Gasteiger partial charge < -0.3 is 14.8 Å². The predicted octanol–water partition coefficient (Wildman–Crippen LogP) is 1.56. The maximum absolute atomic E-state index is 8.44. The van der Waals surface area contributed by atoms with Crippen molar-refractivity contribution in [2.24, 2.45) is 5.16 Å². The molecular formula is C10H15N3O2S. The van der Waals surface area contributed by atoms with Crippen LogP contribution in [0.3, 0.4) is 0 Å². The third-order valence-electron chi connectivity index (χ3n) is 2.39. The van der Waals surface area contributed by atoms with Gasteiger partial charge in [-0.1, -0.05) is 16.5 Å². The Kier molecular flexibility index (Phi) is 3.40. The molecule has 1 saturated heterocycles. The molecule has 0 aromatic carbocycles. The highest BCUT2D eigenvalue weighted by molar-refractivity contribution is 7.17. The fraction of sp³-hybridized carbons (Fsp3) is 0.600. The molecule has 16 heavy (non-hydrogen) atoms. The first-order valence-electron chi connectivity index (χ1n) is 5.22. The summed E-state index contributed by atoms with van der Waals surface area (Å²) in [5.41, 5.74) is 0. The van der Waals surface area contributed by atoms with Gasteiger partial charge >= 0.3 is 0 Å². The van der Waals surface area contributed by atoms with Crippen LogP contribution in [0.5, 0.6) is 0 Å². The molecule has 88 valence electrons. The Morgan fingerprint density at radius 2 is 2.25 bits per heavy atom. The molecule has 0 aliphatic carbocycles. The van der Waals surface area contributed by atoms with Crippen LogP contribution in [0.25, 0.3) is 0 Å². The van der Waals surface area contributed by atoms with Crippen LogP contribution in [0.4, 0.5) is 5.13 Å². The summed E-state index contributed by atoms with van der Waals surface area (Å²) in [5, 5.41) is 12.4. The van der Waals surface area contributed by atoms with E-state index in [0.29, 0.717) is 0 Å². The first-order chi connectivity index (χ1) is 7.69. The Morgan fingerprint density at radius 1 is 1.56 bits per heavy atom. The van der Waals surface area contributed by atoms with Gasteiger partial charge in [-0.25, -0.2) is 4.98 Å². The Morgan fingerprint density at radius 3 is 2.88 bits per heavy atom. The Hall–Kier alpha value is -1.14. The zero-order valence-electron chi connectivity index (χ0n) is 9.33. The number of oxime groups is 1. The zero-order chi connectivity index (χ0) is 11.5. The monoisotopic (exact) mass is 241 g/mol. The maximum Gasteiger partial charge on any atom is 0.186 e. The average molecular weight is 241 g/mol. The average Bonchev–Trinajstić information content (AvgIpc) is 2.65. The van der Waals surface area contributed by atoms with Crippen LogP contribution in [0.15, 0.2) is 11.4 Å². The second-order valence-electron chi connectivity index (χ2n) is 3.95. The second kappa shape index (κ2) is 4.80. The van der Waals surface area contributed by atoms with Crippen molar-refractivity contribution in [3.05, 3.63) is 11.1 Å². The summed E-state index contributed by atoms with van der Waals surface area (Å²) in [7, 11) is 0. The van der Waals surface area contributed by atoms with Gasteiger partial charge in [0.15, 0.2) is 5.13 Å². The van der Waals surface area contributed by atoms with Crippen LogP contribution in [0, 0.1) is 0 Å². The number of hydrogen-bond acceptors (Lipinski definition) is 6. The van der Waals surface area contributed by atoms with Gasteiger partial charge in [-0.15, -0.1) is 0 Å². The first kappa shape index (κ1) is 11.3. The van der Waals surface area contributed by atoms with Gasteiger partial charge in [0.05, 0.1) is 23.3 Å². The van der Waals surface area contributed by atoms with Gasteiger partial charge in [0.2, 0.25) is 0 Å². The van der Waals surface area contributed by atoms with Crippen molar-refractivity contribution in [2.75, 3.05) is 18.0 Å². The first-order valence-corrected chi connectivity index (χ1v) is 6.04. The zero-order valence-corrected chi connectivity index (χ0v) is 10.1. The van der Waals surface area contributed by atoms with Crippen molar-refractivity contribution >= 4 is 22.7 Å². The van der Waals surface area contributed by atoms with Crippen molar-refractivity contribution < 1.29 is 9.94 Å². The standard InChI is InChI=1S/C10H15N3O2S/c1-7-5-13(6-8(2)15-7)10-11-3-9(16-10)4-12-14/h3-4,7-8,14H,5-6H2,1-2H3/t7-,8-/m0/s1. The minimum absolute atomic E-state index is 0.225. The molecule has 1 N–H and O–H groups in total. The van der Waals surface area contributed by atoms with Crippen molar-refractivity contribution in [2.45, 2.75) is 26.1 Å². The summed E-state index contributed by atoms with van der Waals surface area (Å²) >= 11 is 1.52. The second-order valence-corrected chi connectivity index (χ2v) is 4.99. The quantitative estimate of drug-likeness (QED) is 0.485. The molecule has 1 fully saturated rings. The van der Waals surface area contributed by atoms with E-state index in [9.17, 15) is 0 Å². The smallest absolute Gasteiger partial charge is 0.186 e. The summed E-state index contributed by atoms with van der Waals surface area (Å²) in [6.07, 6.45) is 3.56. The normalized spacial score (nSPS) is 26.5. The van der Waals surface area contributed by atoms with Gasteiger partial charge in [-0.3, -0.25) is 0 Å². The van der Waals surface area contributed by atoms with Crippen LogP contribution >= 0.6 is 11.3 Å². The molecule has 0 amide bonds. The molecule has 0 bridgehead atoms. The molecule has 5 nitrogen and oxygen atoms in total. The number of ether oxygens (including phenoxy) is 1. The number of anilines is 1. The third-order valence-corrected chi connectivity index (χ3v) is 3.38. The molecule has 0 spiro atoms. The lowest BCUT2D eigenvalue weighted by Gasteiger charge is -2.35. The summed E-state index contributed by atoms with van der Waals surface area (Å²) in [4.78, 5) is 7.37. The number of nitrogens with zero attached hydrogens (tertiary/aromatic N) is 3. The molecule has 2 heterocycles. The highest BCUT2D eigenvalue weighted by Crippen LogP contribution is 2.24. The van der Waals surface area contributed by atoms with Gasteiger partial charge in [0.25, 0.3) is 0 Å². The van der Waals surface area contributed by atoms with Gasteiger partial charge in [-0.2, -0.15) is 0 Å². The number of thiazole rings is 1. The fourth-order valence-corrected chi connectivity index (χ4v) is 2.67.